The summed E-state index contributed by atoms with van der Waals surface area (Å²) in [5.74, 6) is -1.49. The number of nitrogens with zero attached hydrogens (tertiary/aromatic N) is 1. The van der Waals surface area contributed by atoms with Gasteiger partial charge >= 0.3 is 5.97 Å². The van der Waals surface area contributed by atoms with Crippen LogP contribution in [0.25, 0.3) is 6.08 Å². The van der Waals surface area contributed by atoms with Crippen molar-refractivity contribution in [1.29, 1.82) is 5.26 Å². The van der Waals surface area contributed by atoms with Gasteiger partial charge in [0.2, 0.25) is 0 Å². The number of aliphatic carboxylic acids is 1. The Morgan fingerprint density at radius 2 is 1.95 bits per heavy atom. The first-order valence-electron chi connectivity index (χ1n) is 5.98. The molecule has 1 aromatic rings. The van der Waals surface area contributed by atoms with E-state index in [9.17, 15) is 10.1 Å². The molecule has 0 aliphatic heterocycles. The molecule has 1 N–H and O–H groups in total. The fourth-order valence-electron chi connectivity index (χ4n) is 2.61. The standard InChI is InChI=1S/C15H14BrNO2/c1-15(2)12(13(15)14(18)19)10(8-17)7-9-3-5-11(16)6-4-9/h3-7,12-13H,1-2H3,(H,18,19)/t12-,13+/m1/s1. The molecule has 0 bridgehead atoms. The van der Waals surface area contributed by atoms with Gasteiger partial charge in [-0.25, -0.2) is 0 Å². The fraction of sp³-hybridized carbons (Fsp3) is 0.333. The molecule has 2 rings (SSSR count). The number of benzene rings is 1. The van der Waals surface area contributed by atoms with Crippen LogP contribution in [0.4, 0.5) is 0 Å². The Morgan fingerprint density at radius 1 is 1.37 bits per heavy atom. The van der Waals surface area contributed by atoms with Gasteiger partial charge in [0, 0.05) is 16.0 Å². The molecule has 1 aliphatic carbocycles. The quantitative estimate of drug-likeness (QED) is 0.864. The Hall–Kier alpha value is -1.60. The van der Waals surface area contributed by atoms with E-state index in [1.165, 1.54) is 0 Å². The van der Waals surface area contributed by atoms with Gasteiger partial charge in [0.05, 0.1) is 12.0 Å². The largest absolute Gasteiger partial charge is 0.481 e. The fourth-order valence-corrected chi connectivity index (χ4v) is 2.87. The third-order valence-corrected chi connectivity index (χ3v) is 4.28. The number of carboxylic acids is 1. The highest BCUT2D eigenvalue weighted by molar-refractivity contribution is 9.10. The van der Waals surface area contributed by atoms with E-state index in [1.807, 2.05) is 38.1 Å². The summed E-state index contributed by atoms with van der Waals surface area (Å²) in [6.07, 6.45) is 1.78. The van der Waals surface area contributed by atoms with Crippen molar-refractivity contribution in [1.82, 2.24) is 0 Å². The van der Waals surface area contributed by atoms with E-state index in [0.717, 1.165) is 10.0 Å². The molecule has 0 unspecified atom stereocenters. The highest BCUT2D eigenvalue weighted by Gasteiger charge is 2.63. The van der Waals surface area contributed by atoms with Gasteiger partial charge in [0.15, 0.2) is 0 Å². The maximum atomic E-state index is 11.2. The van der Waals surface area contributed by atoms with Crippen molar-refractivity contribution >= 4 is 28.0 Å². The van der Waals surface area contributed by atoms with Crippen LogP contribution >= 0.6 is 15.9 Å². The molecule has 1 fully saturated rings. The second kappa shape index (κ2) is 4.82. The average molecular weight is 320 g/mol. The van der Waals surface area contributed by atoms with Crippen LogP contribution in [-0.2, 0) is 4.79 Å². The third kappa shape index (κ3) is 2.57. The summed E-state index contributed by atoms with van der Waals surface area (Å²) in [6.45, 7) is 3.78. The van der Waals surface area contributed by atoms with E-state index in [-0.39, 0.29) is 11.3 Å². The molecule has 0 spiro atoms. The highest BCUT2D eigenvalue weighted by atomic mass is 79.9. The lowest BCUT2D eigenvalue weighted by molar-refractivity contribution is -0.139. The molecular formula is C15H14BrNO2. The molecular weight excluding hydrogens is 306 g/mol. The Kier molecular flexibility index (Phi) is 3.51. The van der Waals surface area contributed by atoms with Crippen molar-refractivity contribution in [2.24, 2.45) is 17.3 Å². The van der Waals surface area contributed by atoms with E-state index >= 15 is 0 Å². The van der Waals surface area contributed by atoms with Gasteiger partial charge in [0.25, 0.3) is 0 Å². The number of hydrogen-bond donors (Lipinski definition) is 1. The van der Waals surface area contributed by atoms with Gasteiger partial charge < -0.3 is 5.11 Å². The number of allylic oxidation sites excluding steroid dienone is 1. The molecule has 3 nitrogen and oxygen atoms in total. The van der Waals surface area contributed by atoms with E-state index in [0.29, 0.717) is 5.57 Å². The maximum Gasteiger partial charge on any atom is 0.307 e. The molecule has 19 heavy (non-hydrogen) atoms. The van der Waals surface area contributed by atoms with Crippen molar-refractivity contribution < 1.29 is 9.90 Å². The van der Waals surface area contributed by atoms with Gasteiger partial charge in [-0.1, -0.05) is 41.9 Å². The lowest BCUT2D eigenvalue weighted by Crippen LogP contribution is -2.03. The zero-order chi connectivity index (χ0) is 14.2. The van der Waals surface area contributed by atoms with Gasteiger partial charge in [-0.2, -0.15) is 5.26 Å². The normalized spacial score (nSPS) is 24.6. The zero-order valence-corrected chi connectivity index (χ0v) is 12.3. The zero-order valence-electron chi connectivity index (χ0n) is 10.7. The number of rotatable bonds is 3. The van der Waals surface area contributed by atoms with Crippen LogP contribution in [-0.4, -0.2) is 11.1 Å². The van der Waals surface area contributed by atoms with E-state index < -0.39 is 11.9 Å². The molecule has 0 heterocycles. The molecule has 0 amide bonds. The number of halogens is 1. The van der Waals surface area contributed by atoms with Crippen LogP contribution in [0.5, 0.6) is 0 Å². The topological polar surface area (TPSA) is 61.1 Å². The molecule has 2 atom stereocenters. The number of carboxylic acid groups (broad SMARTS) is 1. The van der Waals surface area contributed by atoms with Crippen LogP contribution in [0.1, 0.15) is 19.4 Å². The second-order valence-electron chi connectivity index (χ2n) is 5.38. The number of nitriles is 1. The summed E-state index contributed by atoms with van der Waals surface area (Å²) in [7, 11) is 0. The maximum absolute atomic E-state index is 11.2. The Labute approximate surface area is 120 Å². The van der Waals surface area contributed by atoms with Crippen molar-refractivity contribution in [2.75, 3.05) is 0 Å². The molecule has 1 aliphatic rings. The van der Waals surface area contributed by atoms with E-state index in [4.69, 9.17) is 5.11 Å². The monoisotopic (exact) mass is 319 g/mol. The number of hydrogen-bond acceptors (Lipinski definition) is 2. The minimum Gasteiger partial charge on any atom is -0.481 e. The van der Waals surface area contributed by atoms with Crippen LogP contribution < -0.4 is 0 Å². The minimum atomic E-state index is -0.827. The van der Waals surface area contributed by atoms with Crippen LogP contribution in [0.15, 0.2) is 34.3 Å². The van der Waals surface area contributed by atoms with Crippen LogP contribution in [0.3, 0.4) is 0 Å². The summed E-state index contributed by atoms with van der Waals surface area (Å²) in [4.78, 5) is 11.2. The Balaban J connectivity index is 2.30. The minimum absolute atomic E-state index is 0.196. The highest BCUT2D eigenvalue weighted by Crippen LogP contribution is 2.61. The first-order valence-corrected chi connectivity index (χ1v) is 6.77. The van der Waals surface area contributed by atoms with Crippen molar-refractivity contribution in [3.63, 3.8) is 0 Å². The second-order valence-corrected chi connectivity index (χ2v) is 6.29. The van der Waals surface area contributed by atoms with Gasteiger partial charge in [-0.05, 0) is 29.2 Å². The summed E-state index contributed by atoms with van der Waals surface area (Å²) < 4.78 is 0.971. The van der Waals surface area contributed by atoms with E-state index in [2.05, 4.69) is 22.0 Å². The Morgan fingerprint density at radius 3 is 2.37 bits per heavy atom. The SMILES string of the molecule is CC1(C)[C@H](C(=O)O)[C@H]1C(C#N)=Cc1ccc(Br)cc1. The molecule has 1 saturated carbocycles. The summed E-state index contributed by atoms with van der Waals surface area (Å²) in [6, 6.07) is 9.74. The molecule has 0 saturated heterocycles. The predicted molar refractivity (Wildman–Crippen MR) is 76.1 cm³/mol. The number of carbonyl (C=O) groups is 1. The summed E-state index contributed by atoms with van der Waals surface area (Å²) in [5, 5.41) is 18.4. The first kappa shape index (κ1) is 13.8. The molecule has 4 heteroatoms. The molecule has 98 valence electrons. The van der Waals surface area contributed by atoms with Gasteiger partial charge in [-0.15, -0.1) is 0 Å². The Bertz CT molecular complexity index is 581. The van der Waals surface area contributed by atoms with Crippen molar-refractivity contribution in [2.45, 2.75) is 13.8 Å². The smallest absolute Gasteiger partial charge is 0.307 e. The lowest BCUT2D eigenvalue weighted by atomic mass is 10.0. The predicted octanol–water partition coefficient (Wildman–Crippen LogP) is 3.71. The van der Waals surface area contributed by atoms with Crippen LogP contribution in [0.2, 0.25) is 0 Å². The molecule has 0 radical (unpaired) electrons. The van der Waals surface area contributed by atoms with Crippen LogP contribution in [0, 0.1) is 28.6 Å². The average Bonchev–Trinajstić information content (AvgIpc) is 2.92. The van der Waals surface area contributed by atoms with Gasteiger partial charge in [-0.3, -0.25) is 4.79 Å². The molecule has 1 aromatic carbocycles. The molecule has 0 aromatic heterocycles. The van der Waals surface area contributed by atoms with Crippen molar-refractivity contribution in [3.8, 4) is 6.07 Å². The third-order valence-electron chi connectivity index (χ3n) is 3.75. The van der Waals surface area contributed by atoms with E-state index in [1.54, 1.807) is 6.08 Å². The summed E-state index contributed by atoms with van der Waals surface area (Å²) >= 11 is 3.35. The van der Waals surface area contributed by atoms with Gasteiger partial charge in [0.1, 0.15) is 0 Å². The first-order chi connectivity index (χ1) is 8.87. The lowest BCUT2D eigenvalue weighted by Gasteiger charge is -2.01. The van der Waals surface area contributed by atoms with Crippen molar-refractivity contribution in [3.05, 3.63) is 39.9 Å². The summed E-state index contributed by atoms with van der Waals surface area (Å²) in [5.41, 5.74) is 1.11.